The van der Waals surface area contributed by atoms with Crippen LogP contribution in [0.5, 0.6) is 0 Å². The van der Waals surface area contributed by atoms with Crippen molar-refractivity contribution in [2.24, 2.45) is 5.10 Å². The van der Waals surface area contributed by atoms with Gasteiger partial charge in [0.05, 0.1) is 5.69 Å². The van der Waals surface area contributed by atoms with Crippen LogP contribution < -0.4 is 10.7 Å². The van der Waals surface area contributed by atoms with Crippen LogP contribution in [0.1, 0.15) is 12.8 Å². The van der Waals surface area contributed by atoms with E-state index in [0.717, 1.165) is 25.1 Å². The van der Waals surface area contributed by atoms with E-state index in [0.29, 0.717) is 5.71 Å². The van der Waals surface area contributed by atoms with Gasteiger partial charge in [0, 0.05) is 11.4 Å². The Kier molecular flexibility index (Phi) is 4.03. The van der Waals surface area contributed by atoms with Gasteiger partial charge in [-0.25, -0.2) is 0 Å². The van der Waals surface area contributed by atoms with Gasteiger partial charge in [0.2, 0.25) is 0 Å². The molecule has 1 aliphatic rings. The van der Waals surface area contributed by atoms with E-state index in [1.54, 1.807) is 11.8 Å². The van der Waals surface area contributed by atoms with E-state index >= 15 is 0 Å². The number of anilines is 1. The molecule has 0 aromatic heterocycles. The maximum atomic E-state index is 11.5. The van der Waals surface area contributed by atoms with Crippen molar-refractivity contribution in [1.82, 2.24) is 5.32 Å². The normalized spacial score (nSPS) is 17.9. The van der Waals surface area contributed by atoms with E-state index in [4.69, 9.17) is 0 Å². The topological polar surface area (TPSA) is 53.5 Å². The van der Waals surface area contributed by atoms with Gasteiger partial charge in [0.25, 0.3) is 5.91 Å². The lowest BCUT2D eigenvalue weighted by Crippen LogP contribution is -2.37. The first kappa shape index (κ1) is 12.0. The van der Waals surface area contributed by atoms with Gasteiger partial charge >= 0.3 is 0 Å². The third-order valence-corrected chi connectivity index (χ3v) is 3.25. The van der Waals surface area contributed by atoms with Crippen LogP contribution in [-0.4, -0.2) is 24.4 Å². The molecule has 1 heterocycles. The minimum atomic E-state index is -0.0650. The molecular weight excluding hydrogens is 234 g/mol. The van der Waals surface area contributed by atoms with Crippen molar-refractivity contribution in [3.63, 3.8) is 0 Å². The molecule has 1 amide bonds. The quantitative estimate of drug-likeness (QED) is 0.637. The van der Waals surface area contributed by atoms with Gasteiger partial charge in [0.15, 0.2) is 0 Å². The number of hydrogen-bond acceptors (Lipinski definition) is 4. The average Bonchev–Trinajstić information content (AvgIpc) is 2.38. The summed E-state index contributed by atoms with van der Waals surface area (Å²) in [7, 11) is 0. The van der Waals surface area contributed by atoms with Crippen molar-refractivity contribution in [2.45, 2.75) is 17.7 Å². The number of nitrogens with zero attached hydrogens (tertiary/aromatic N) is 1. The van der Waals surface area contributed by atoms with E-state index in [1.165, 1.54) is 4.90 Å². The Morgan fingerprint density at radius 2 is 2.35 bits per heavy atom. The van der Waals surface area contributed by atoms with E-state index in [-0.39, 0.29) is 5.91 Å². The third kappa shape index (κ3) is 3.23. The first-order chi connectivity index (χ1) is 8.29. The summed E-state index contributed by atoms with van der Waals surface area (Å²) >= 11 is 1.68. The summed E-state index contributed by atoms with van der Waals surface area (Å²) in [6.45, 7) is 0.750. The maximum absolute atomic E-state index is 11.5. The summed E-state index contributed by atoms with van der Waals surface area (Å²) in [5, 5.41) is 6.93. The molecule has 1 aliphatic heterocycles. The van der Waals surface area contributed by atoms with Crippen molar-refractivity contribution in [3.8, 4) is 0 Å². The molecule has 17 heavy (non-hydrogen) atoms. The number of benzene rings is 1. The minimum absolute atomic E-state index is 0.0650. The number of carbonyl (C=O) groups is 1. The zero-order chi connectivity index (χ0) is 12.1. The monoisotopic (exact) mass is 249 g/mol. The Morgan fingerprint density at radius 1 is 1.47 bits per heavy atom. The fraction of sp³-hybridized carbons (Fsp3) is 0.333. The van der Waals surface area contributed by atoms with Gasteiger partial charge in [-0.1, -0.05) is 6.07 Å². The van der Waals surface area contributed by atoms with Crippen LogP contribution in [0, 0.1) is 0 Å². The predicted molar refractivity (Wildman–Crippen MR) is 71.5 cm³/mol. The molecule has 1 aromatic rings. The number of amides is 1. The first-order valence-corrected chi connectivity index (χ1v) is 6.77. The van der Waals surface area contributed by atoms with Crippen LogP contribution in [0.25, 0.3) is 0 Å². The molecule has 1 fully saturated rings. The highest BCUT2D eigenvalue weighted by Gasteiger charge is 2.15. The molecule has 0 saturated carbocycles. The van der Waals surface area contributed by atoms with Crippen LogP contribution in [0.3, 0.4) is 0 Å². The molecule has 0 aliphatic carbocycles. The summed E-state index contributed by atoms with van der Waals surface area (Å²) in [5.74, 6) is -0.0650. The molecular formula is C12H15N3OS. The van der Waals surface area contributed by atoms with E-state index in [2.05, 4.69) is 15.8 Å². The molecule has 0 atom stereocenters. The maximum Gasteiger partial charge on any atom is 0.267 e. The molecule has 0 spiro atoms. The highest BCUT2D eigenvalue weighted by Crippen LogP contribution is 2.19. The molecule has 1 aromatic carbocycles. The lowest BCUT2D eigenvalue weighted by Gasteiger charge is -2.13. The van der Waals surface area contributed by atoms with E-state index in [9.17, 15) is 4.79 Å². The Bertz CT molecular complexity index is 445. The smallest absolute Gasteiger partial charge is 0.267 e. The predicted octanol–water partition coefficient (Wildman–Crippen LogP) is 2.09. The minimum Gasteiger partial charge on any atom is -0.351 e. The zero-order valence-corrected chi connectivity index (χ0v) is 10.5. The lowest BCUT2D eigenvalue weighted by atomic mass is 10.1. The van der Waals surface area contributed by atoms with Crippen molar-refractivity contribution in [3.05, 3.63) is 24.3 Å². The largest absolute Gasteiger partial charge is 0.351 e. The number of carbonyl (C=O) groups excluding carboxylic acids is 1. The second kappa shape index (κ2) is 5.72. The fourth-order valence-corrected chi connectivity index (χ4v) is 2.06. The highest BCUT2D eigenvalue weighted by atomic mass is 32.2. The van der Waals surface area contributed by atoms with Gasteiger partial charge < -0.3 is 5.32 Å². The second-order valence-corrected chi connectivity index (χ2v) is 4.64. The number of piperidine rings is 1. The fourth-order valence-electron chi connectivity index (χ4n) is 1.60. The number of rotatable bonds is 3. The number of hydrogen-bond donors (Lipinski definition) is 2. The van der Waals surface area contributed by atoms with Crippen LogP contribution in [0.2, 0.25) is 0 Å². The molecule has 2 N–H and O–H groups in total. The number of thioether (sulfide) groups is 1. The summed E-state index contributed by atoms with van der Waals surface area (Å²) in [6, 6.07) is 7.95. The van der Waals surface area contributed by atoms with Crippen LogP contribution in [-0.2, 0) is 4.79 Å². The molecule has 0 bridgehead atoms. The Labute approximate surface area is 105 Å². The lowest BCUT2D eigenvalue weighted by molar-refractivity contribution is -0.115. The molecule has 1 saturated heterocycles. The standard InChI is InChI=1S/C12H15N3OS/c1-17-10-5-2-4-9(8-10)14-15-11-6-3-7-13-12(11)16/h2,4-5,8,14H,3,6-7H2,1H3,(H,13,16)/b15-11-. The molecule has 0 unspecified atom stereocenters. The van der Waals surface area contributed by atoms with E-state index in [1.807, 2.05) is 30.5 Å². The van der Waals surface area contributed by atoms with Crippen LogP contribution >= 0.6 is 11.8 Å². The molecule has 5 heteroatoms. The molecule has 0 radical (unpaired) electrons. The van der Waals surface area contributed by atoms with Crippen LogP contribution in [0.15, 0.2) is 34.3 Å². The Balaban J connectivity index is 2.05. The van der Waals surface area contributed by atoms with Gasteiger partial charge in [-0.05, 0) is 37.3 Å². The molecule has 4 nitrogen and oxygen atoms in total. The molecule has 90 valence electrons. The van der Waals surface area contributed by atoms with Gasteiger partial charge in [-0.15, -0.1) is 11.8 Å². The van der Waals surface area contributed by atoms with Crippen molar-refractivity contribution < 1.29 is 4.79 Å². The second-order valence-electron chi connectivity index (χ2n) is 3.76. The zero-order valence-electron chi connectivity index (χ0n) is 9.69. The van der Waals surface area contributed by atoms with Gasteiger partial charge in [0.1, 0.15) is 5.71 Å². The van der Waals surface area contributed by atoms with Gasteiger partial charge in [-0.2, -0.15) is 5.10 Å². The summed E-state index contributed by atoms with van der Waals surface area (Å²) in [6.07, 6.45) is 3.72. The summed E-state index contributed by atoms with van der Waals surface area (Å²) < 4.78 is 0. The summed E-state index contributed by atoms with van der Waals surface area (Å²) in [4.78, 5) is 12.6. The van der Waals surface area contributed by atoms with Crippen molar-refractivity contribution in [1.29, 1.82) is 0 Å². The Hall–Kier alpha value is -1.49. The van der Waals surface area contributed by atoms with Crippen molar-refractivity contribution >= 4 is 29.1 Å². The van der Waals surface area contributed by atoms with Crippen LogP contribution in [0.4, 0.5) is 5.69 Å². The van der Waals surface area contributed by atoms with Gasteiger partial charge in [-0.3, -0.25) is 10.2 Å². The average molecular weight is 249 g/mol. The van der Waals surface area contributed by atoms with Crippen molar-refractivity contribution in [2.75, 3.05) is 18.2 Å². The number of hydrazone groups is 1. The summed E-state index contributed by atoms with van der Waals surface area (Å²) in [5.41, 5.74) is 4.41. The third-order valence-electron chi connectivity index (χ3n) is 2.53. The SMILES string of the molecule is CSc1cccc(N/N=C2/CCCNC2=O)c1. The highest BCUT2D eigenvalue weighted by molar-refractivity contribution is 7.98. The Morgan fingerprint density at radius 3 is 3.12 bits per heavy atom. The van der Waals surface area contributed by atoms with E-state index < -0.39 is 0 Å². The number of nitrogens with one attached hydrogen (secondary N) is 2. The first-order valence-electron chi connectivity index (χ1n) is 5.54. The molecule has 2 rings (SSSR count).